The van der Waals surface area contributed by atoms with Gasteiger partial charge in [-0.1, -0.05) is 30.3 Å². The zero-order valence-corrected chi connectivity index (χ0v) is 23.2. The van der Waals surface area contributed by atoms with Crippen LogP contribution in [0.25, 0.3) is 0 Å². The van der Waals surface area contributed by atoms with Crippen LogP contribution >= 0.6 is 15.9 Å². The number of amides is 2. The summed E-state index contributed by atoms with van der Waals surface area (Å²) in [5.74, 6) is -2.00. The summed E-state index contributed by atoms with van der Waals surface area (Å²) in [5.41, 5.74) is 0.616. The molecule has 1 aromatic carbocycles. The Morgan fingerprint density at radius 3 is 2.29 bits per heavy atom. The molecule has 0 spiro atoms. The van der Waals surface area contributed by atoms with Gasteiger partial charge in [0.2, 0.25) is 5.91 Å². The van der Waals surface area contributed by atoms with Gasteiger partial charge in [0, 0.05) is 20.4 Å². The van der Waals surface area contributed by atoms with Crippen molar-refractivity contribution in [2.45, 2.75) is 58.3 Å². The Balaban J connectivity index is 2.35. The molecular formula is C23H31BrN2O8Si. The Hall–Kier alpha value is -2.70. The molecule has 1 aliphatic rings. The predicted octanol–water partition coefficient (Wildman–Crippen LogP) is 3.07. The van der Waals surface area contributed by atoms with Crippen molar-refractivity contribution < 1.29 is 37.8 Å². The van der Waals surface area contributed by atoms with E-state index in [0.29, 0.717) is 6.54 Å². The highest BCUT2D eigenvalue weighted by Crippen LogP contribution is 2.35. The molecule has 1 aliphatic heterocycles. The second kappa shape index (κ2) is 12.3. The molecule has 1 saturated heterocycles. The minimum Gasteiger partial charge on any atom is -0.464 e. The number of rotatable bonds is 10. The molecule has 3 atom stereocenters. The van der Waals surface area contributed by atoms with Gasteiger partial charge in [0.05, 0.1) is 17.6 Å². The lowest BCUT2D eigenvalue weighted by Crippen LogP contribution is -2.46. The van der Waals surface area contributed by atoms with E-state index >= 15 is 0 Å². The fraction of sp³-hybridized carbons (Fsp3) is 0.478. The molecule has 0 bridgehead atoms. The topological polar surface area (TPSA) is 120 Å². The van der Waals surface area contributed by atoms with Gasteiger partial charge in [-0.15, -0.1) is 0 Å². The molecule has 10 nitrogen and oxygen atoms in total. The lowest BCUT2D eigenvalue weighted by molar-refractivity contribution is -0.149. The third-order valence-corrected chi connectivity index (χ3v) is 6.56. The summed E-state index contributed by atoms with van der Waals surface area (Å²) in [6.45, 7) is 8.68. The van der Waals surface area contributed by atoms with Gasteiger partial charge >= 0.3 is 18.0 Å². The van der Waals surface area contributed by atoms with Crippen LogP contribution in [0.2, 0.25) is 19.6 Å². The van der Waals surface area contributed by atoms with Crippen LogP contribution in [0.1, 0.15) is 19.4 Å². The molecule has 1 aromatic rings. The molecule has 192 valence electrons. The van der Waals surface area contributed by atoms with Gasteiger partial charge in [-0.3, -0.25) is 14.5 Å². The summed E-state index contributed by atoms with van der Waals surface area (Å²) in [5, 5.41) is 2.41. The molecule has 1 N–H and O–H groups in total. The monoisotopic (exact) mass is 570 g/mol. The molecule has 12 heteroatoms. The minimum absolute atomic E-state index is 0.0579. The van der Waals surface area contributed by atoms with Crippen molar-refractivity contribution in [2.24, 2.45) is 0 Å². The van der Waals surface area contributed by atoms with Gasteiger partial charge in [0.15, 0.2) is 14.4 Å². The van der Waals surface area contributed by atoms with Crippen molar-refractivity contribution in [1.82, 2.24) is 10.2 Å². The Bertz CT molecular complexity index is 979. The summed E-state index contributed by atoms with van der Waals surface area (Å²) >= 11 is 3.32. The molecule has 0 saturated carbocycles. The smallest absolute Gasteiger partial charge is 0.410 e. The van der Waals surface area contributed by atoms with Crippen molar-refractivity contribution in [2.75, 3.05) is 13.7 Å². The van der Waals surface area contributed by atoms with Crippen LogP contribution in [-0.4, -0.2) is 69.1 Å². The van der Waals surface area contributed by atoms with Crippen LogP contribution < -0.4 is 5.32 Å². The van der Waals surface area contributed by atoms with Gasteiger partial charge in [-0.25, -0.2) is 9.59 Å². The van der Waals surface area contributed by atoms with Gasteiger partial charge in [0.25, 0.3) is 0 Å². The number of ether oxygens (including phenoxy) is 3. The van der Waals surface area contributed by atoms with E-state index in [4.69, 9.17) is 18.6 Å². The van der Waals surface area contributed by atoms with E-state index in [0.717, 1.165) is 12.7 Å². The zero-order chi connectivity index (χ0) is 26.3. The number of carbonyl (C=O) groups excluding carboxylic acids is 4. The third-order valence-electron chi connectivity index (χ3n) is 4.73. The second-order valence-electron chi connectivity index (χ2n) is 8.88. The van der Waals surface area contributed by atoms with Crippen LogP contribution in [-0.2, 0) is 39.6 Å². The van der Waals surface area contributed by atoms with Crippen molar-refractivity contribution >= 4 is 48.2 Å². The largest absolute Gasteiger partial charge is 0.464 e. The maximum atomic E-state index is 12.7. The van der Waals surface area contributed by atoms with E-state index in [2.05, 4.69) is 21.2 Å². The number of esters is 2. The fourth-order valence-corrected chi connectivity index (χ4v) is 4.98. The Labute approximate surface area is 214 Å². The first kappa shape index (κ1) is 28.5. The molecule has 0 unspecified atom stereocenters. The molecule has 1 fully saturated rings. The highest BCUT2D eigenvalue weighted by Gasteiger charge is 2.52. The van der Waals surface area contributed by atoms with Crippen LogP contribution in [0.15, 0.2) is 40.5 Å². The number of hydrogen-bond acceptors (Lipinski definition) is 8. The quantitative estimate of drug-likeness (QED) is 0.150. The van der Waals surface area contributed by atoms with E-state index in [1.807, 2.05) is 50.0 Å². The number of nitrogens with one attached hydrogen (secondary N) is 1. The summed E-state index contributed by atoms with van der Waals surface area (Å²) in [6.07, 6.45) is -2.52. The van der Waals surface area contributed by atoms with E-state index in [1.165, 1.54) is 18.7 Å². The molecular weight excluding hydrogens is 540 g/mol. The first-order chi connectivity index (χ1) is 16.3. The molecule has 2 rings (SSSR count). The number of benzene rings is 1. The number of hydrogen-bond donors (Lipinski definition) is 1. The van der Waals surface area contributed by atoms with Gasteiger partial charge < -0.3 is 24.0 Å². The highest BCUT2D eigenvalue weighted by atomic mass is 79.9. The Morgan fingerprint density at radius 1 is 1.14 bits per heavy atom. The number of carbonyl (C=O) groups is 4. The first-order valence-corrected chi connectivity index (χ1v) is 15.1. The Morgan fingerprint density at radius 2 is 1.77 bits per heavy atom. The van der Waals surface area contributed by atoms with Gasteiger partial charge in [-0.05, 0) is 41.1 Å². The number of methoxy groups -OCH3 is 1. The SMILES string of the molecule is COC(=O)/C(NC(C)=O)=C(\Br)[C@@H](OC(C)=O)[C@H](O[Si](C)(C)C)[C@@H]1CN1C(=O)OCc1ccccc1. The van der Waals surface area contributed by atoms with Crippen LogP contribution in [0.5, 0.6) is 0 Å². The maximum Gasteiger partial charge on any atom is 0.410 e. The average molecular weight is 571 g/mol. The van der Waals surface area contributed by atoms with E-state index < -0.39 is 50.5 Å². The lowest BCUT2D eigenvalue weighted by Gasteiger charge is -2.32. The molecule has 35 heavy (non-hydrogen) atoms. The van der Waals surface area contributed by atoms with Crippen LogP contribution in [0.3, 0.4) is 0 Å². The van der Waals surface area contributed by atoms with E-state index in [9.17, 15) is 19.2 Å². The van der Waals surface area contributed by atoms with Crippen molar-refractivity contribution in [3.63, 3.8) is 0 Å². The normalized spacial score (nSPS) is 17.5. The zero-order valence-electron chi connectivity index (χ0n) is 20.6. The van der Waals surface area contributed by atoms with Crippen molar-refractivity contribution in [3.05, 3.63) is 46.1 Å². The minimum atomic E-state index is -2.26. The fourth-order valence-electron chi connectivity index (χ4n) is 3.27. The predicted molar refractivity (Wildman–Crippen MR) is 133 cm³/mol. The van der Waals surface area contributed by atoms with E-state index in [-0.39, 0.29) is 16.8 Å². The highest BCUT2D eigenvalue weighted by molar-refractivity contribution is 9.11. The Kier molecular flexibility index (Phi) is 10.0. The van der Waals surface area contributed by atoms with Gasteiger partial charge in [0.1, 0.15) is 18.4 Å². The van der Waals surface area contributed by atoms with Crippen LogP contribution in [0, 0.1) is 0 Å². The van der Waals surface area contributed by atoms with Crippen LogP contribution in [0.4, 0.5) is 4.79 Å². The molecule has 0 radical (unpaired) electrons. The summed E-state index contributed by atoms with van der Waals surface area (Å²) < 4.78 is 22.2. The van der Waals surface area contributed by atoms with Crippen molar-refractivity contribution in [3.8, 4) is 0 Å². The third kappa shape index (κ3) is 8.79. The first-order valence-electron chi connectivity index (χ1n) is 10.9. The lowest BCUT2D eigenvalue weighted by atomic mass is 10.1. The standard InChI is InChI=1S/C23H31BrN2O8Si/c1-14(27)25-19(22(29)31-3)18(24)21(33-15(2)28)20(34-35(4,5)6)17-12-26(17)23(30)32-13-16-10-8-7-9-11-16/h7-11,17,20-21H,12-13H2,1-6H3,(H,25,27)/b19-18+/t17-,20+,21+,26?/m0/s1. The maximum absolute atomic E-state index is 12.7. The number of halogens is 1. The average Bonchev–Trinajstić information content (AvgIpc) is 3.58. The number of nitrogens with zero attached hydrogens (tertiary/aromatic N) is 1. The summed E-state index contributed by atoms with van der Waals surface area (Å²) in [4.78, 5) is 50.3. The molecule has 1 heterocycles. The second-order valence-corrected chi connectivity index (χ2v) is 14.2. The molecule has 2 amide bonds. The van der Waals surface area contributed by atoms with E-state index in [1.54, 1.807) is 0 Å². The molecule has 0 aliphatic carbocycles. The molecule has 0 aromatic heterocycles. The summed E-state index contributed by atoms with van der Waals surface area (Å²) in [6, 6.07) is 8.77. The van der Waals surface area contributed by atoms with Crippen molar-refractivity contribution in [1.29, 1.82) is 0 Å². The van der Waals surface area contributed by atoms with Gasteiger partial charge in [-0.2, -0.15) is 0 Å². The summed E-state index contributed by atoms with van der Waals surface area (Å²) in [7, 11) is -1.10.